The Morgan fingerprint density at radius 2 is 1.84 bits per heavy atom. The van der Waals surface area contributed by atoms with Crippen LogP contribution in [0.15, 0.2) is 30.6 Å². The maximum absolute atomic E-state index is 12.8. The largest absolute Gasteiger partial charge is 0.480 e. The number of halogens is 2. The van der Waals surface area contributed by atoms with Crippen molar-refractivity contribution >= 4 is 40.9 Å². The molecular formula is C19H17Cl2N7O3. The summed E-state index contributed by atoms with van der Waals surface area (Å²) in [6, 6.07) is 5.08. The highest BCUT2D eigenvalue weighted by Gasteiger charge is 2.28. The molecule has 0 amide bonds. The zero-order valence-electron chi connectivity index (χ0n) is 16.1. The van der Waals surface area contributed by atoms with Gasteiger partial charge in [0.05, 0.1) is 15.6 Å². The SMILES string of the molecule is O=C(O)Cn1nnc(-c2cnc(N3CCC(C(=O)c4cccc(Cl)c4Cl)CC3)nc2)n1. The molecule has 0 radical (unpaired) electrons. The molecule has 1 fully saturated rings. The van der Waals surface area contributed by atoms with Crippen LogP contribution in [0.5, 0.6) is 0 Å². The molecule has 0 aliphatic carbocycles. The highest BCUT2D eigenvalue weighted by Crippen LogP contribution is 2.30. The van der Waals surface area contributed by atoms with E-state index in [4.69, 9.17) is 28.3 Å². The van der Waals surface area contributed by atoms with Gasteiger partial charge in [-0.25, -0.2) is 9.97 Å². The molecule has 0 unspecified atom stereocenters. The molecule has 3 aromatic rings. The molecule has 1 aromatic carbocycles. The van der Waals surface area contributed by atoms with E-state index in [1.54, 1.807) is 30.6 Å². The van der Waals surface area contributed by atoms with Crippen LogP contribution in [-0.2, 0) is 11.3 Å². The molecule has 160 valence electrons. The van der Waals surface area contributed by atoms with Crippen LogP contribution in [0, 0.1) is 5.92 Å². The number of Topliss-reactive ketones (excluding diaryl/α,β-unsaturated/α-hetero) is 1. The van der Waals surface area contributed by atoms with E-state index in [0.29, 0.717) is 53.1 Å². The minimum absolute atomic E-state index is 0.000983. The van der Waals surface area contributed by atoms with Crippen molar-refractivity contribution in [1.82, 2.24) is 30.2 Å². The van der Waals surface area contributed by atoms with Crippen LogP contribution in [0.3, 0.4) is 0 Å². The van der Waals surface area contributed by atoms with Crippen molar-refractivity contribution in [3.8, 4) is 11.4 Å². The van der Waals surface area contributed by atoms with Gasteiger partial charge in [-0.1, -0.05) is 29.3 Å². The van der Waals surface area contributed by atoms with Gasteiger partial charge in [-0.2, -0.15) is 4.80 Å². The van der Waals surface area contributed by atoms with E-state index in [-0.39, 0.29) is 24.1 Å². The third-order valence-corrected chi connectivity index (χ3v) is 5.81. The maximum atomic E-state index is 12.8. The van der Waals surface area contributed by atoms with Gasteiger partial charge in [-0.05, 0) is 30.2 Å². The summed E-state index contributed by atoms with van der Waals surface area (Å²) in [5.74, 6) is -0.419. The fraction of sp³-hybridized carbons (Fsp3) is 0.316. The average molecular weight is 462 g/mol. The number of aromatic nitrogens is 6. The first-order chi connectivity index (χ1) is 14.9. The van der Waals surface area contributed by atoms with Gasteiger partial charge in [0.2, 0.25) is 11.8 Å². The molecule has 0 saturated carbocycles. The van der Waals surface area contributed by atoms with E-state index in [9.17, 15) is 9.59 Å². The van der Waals surface area contributed by atoms with E-state index in [2.05, 4.69) is 25.4 Å². The van der Waals surface area contributed by atoms with Crippen LogP contribution >= 0.6 is 23.2 Å². The Bertz CT molecular complexity index is 1110. The molecule has 2 aromatic heterocycles. The number of rotatable bonds is 6. The summed E-state index contributed by atoms with van der Waals surface area (Å²) in [6.07, 6.45) is 4.43. The van der Waals surface area contributed by atoms with Crippen molar-refractivity contribution < 1.29 is 14.7 Å². The van der Waals surface area contributed by atoms with Crippen molar-refractivity contribution in [3.63, 3.8) is 0 Å². The lowest BCUT2D eigenvalue weighted by Gasteiger charge is -2.31. The number of tetrazole rings is 1. The first-order valence-electron chi connectivity index (χ1n) is 9.47. The van der Waals surface area contributed by atoms with E-state index in [1.807, 2.05) is 4.90 Å². The number of piperidine rings is 1. The summed E-state index contributed by atoms with van der Waals surface area (Å²) in [7, 11) is 0. The van der Waals surface area contributed by atoms with Gasteiger partial charge in [0.25, 0.3) is 0 Å². The molecule has 3 heterocycles. The van der Waals surface area contributed by atoms with Crippen molar-refractivity contribution in [2.45, 2.75) is 19.4 Å². The number of hydrogen-bond donors (Lipinski definition) is 1. The fourth-order valence-electron chi connectivity index (χ4n) is 3.40. The molecular weight excluding hydrogens is 445 g/mol. The highest BCUT2D eigenvalue weighted by molar-refractivity contribution is 6.44. The van der Waals surface area contributed by atoms with Crippen LogP contribution in [0.4, 0.5) is 5.95 Å². The molecule has 12 heteroatoms. The molecule has 0 spiro atoms. The predicted octanol–water partition coefficient (Wildman–Crippen LogP) is 2.62. The summed E-state index contributed by atoms with van der Waals surface area (Å²) in [4.78, 5) is 35.3. The molecule has 1 aliphatic heterocycles. The second-order valence-electron chi connectivity index (χ2n) is 7.04. The van der Waals surface area contributed by atoms with Gasteiger partial charge >= 0.3 is 5.97 Å². The summed E-state index contributed by atoms with van der Waals surface area (Å²) in [5, 5.41) is 20.9. The minimum atomic E-state index is -1.06. The Hall–Kier alpha value is -3.11. The summed E-state index contributed by atoms with van der Waals surface area (Å²) >= 11 is 12.2. The quantitative estimate of drug-likeness (QED) is 0.550. The Morgan fingerprint density at radius 1 is 1.13 bits per heavy atom. The van der Waals surface area contributed by atoms with E-state index in [1.165, 1.54) is 0 Å². The number of nitrogens with zero attached hydrogens (tertiary/aromatic N) is 7. The number of anilines is 1. The predicted molar refractivity (Wildman–Crippen MR) is 112 cm³/mol. The van der Waals surface area contributed by atoms with Crippen LogP contribution in [0.2, 0.25) is 10.0 Å². The standard InChI is InChI=1S/C19H17Cl2N7O3/c20-14-3-1-2-13(16(14)21)17(31)11-4-6-27(7-5-11)19-22-8-12(9-23-19)18-24-26-28(25-18)10-15(29)30/h1-3,8-9,11H,4-7,10H2,(H,29,30). The summed E-state index contributed by atoms with van der Waals surface area (Å²) < 4.78 is 0. The Labute approximate surface area is 186 Å². The van der Waals surface area contributed by atoms with Gasteiger partial charge in [-0.3, -0.25) is 9.59 Å². The number of carboxylic acid groups (broad SMARTS) is 1. The molecule has 10 nitrogen and oxygen atoms in total. The van der Waals surface area contributed by atoms with E-state index in [0.717, 1.165) is 4.80 Å². The van der Waals surface area contributed by atoms with Gasteiger partial charge in [0.15, 0.2) is 12.3 Å². The minimum Gasteiger partial charge on any atom is -0.480 e. The second kappa shape index (κ2) is 8.94. The van der Waals surface area contributed by atoms with Crippen molar-refractivity contribution in [2.75, 3.05) is 18.0 Å². The van der Waals surface area contributed by atoms with Crippen molar-refractivity contribution in [2.24, 2.45) is 5.92 Å². The second-order valence-corrected chi connectivity index (χ2v) is 7.82. The Kier molecular flexibility index (Phi) is 6.10. The smallest absolute Gasteiger partial charge is 0.327 e. The van der Waals surface area contributed by atoms with Crippen LogP contribution in [-0.4, -0.2) is 60.1 Å². The van der Waals surface area contributed by atoms with Crippen molar-refractivity contribution in [3.05, 3.63) is 46.2 Å². The third-order valence-electron chi connectivity index (χ3n) is 4.99. The van der Waals surface area contributed by atoms with E-state index < -0.39 is 5.97 Å². The molecule has 0 atom stereocenters. The average Bonchev–Trinajstić information content (AvgIpc) is 3.23. The number of hydrogen-bond acceptors (Lipinski definition) is 8. The molecule has 1 aliphatic rings. The summed E-state index contributed by atoms with van der Waals surface area (Å²) in [6.45, 7) is 0.877. The lowest BCUT2D eigenvalue weighted by atomic mass is 9.89. The Balaban J connectivity index is 1.39. The van der Waals surface area contributed by atoms with Gasteiger partial charge < -0.3 is 10.0 Å². The normalized spacial score (nSPS) is 14.6. The van der Waals surface area contributed by atoms with Crippen LogP contribution in [0.25, 0.3) is 11.4 Å². The number of carboxylic acids is 1. The van der Waals surface area contributed by atoms with E-state index >= 15 is 0 Å². The Morgan fingerprint density at radius 3 is 2.52 bits per heavy atom. The molecule has 1 N–H and O–H groups in total. The first-order valence-corrected chi connectivity index (χ1v) is 10.2. The lowest BCUT2D eigenvalue weighted by Crippen LogP contribution is -2.37. The number of aliphatic carboxylic acids is 1. The zero-order valence-corrected chi connectivity index (χ0v) is 17.7. The monoisotopic (exact) mass is 461 g/mol. The first kappa shape index (κ1) is 21.1. The fourth-order valence-corrected chi connectivity index (χ4v) is 3.80. The molecule has 4 rings (SSSR count). The maximum Gasteiger partial charge on any atom is 0.327 e. The van der Waals surface area contributed by atoms with Crippen molar-refractivity contribution in [1.29, 1.82) is 0 Å². The number of carbonyl (C=O) groups is 2. The van der Waals surface area contributed by atoms with Gasteiger partial charge in [0.1, 0.15) is 0 Å². The number of benzene rings is 1. The highest BCUT2D eigenvalue weighted by atomic mass is 35.5. The molecule has 1 saturated heterocycles. The zero-order chi connectivity index (χ0) is 22.0. The topological polar surface area (TPSA) is 127 Å². The molecule has 0 bridgehead atoms. The van der Waals surface area contributed by atoms with Crippen LogP contribution in [0.1, 0.15) is 23.2 Å². The number of ketones is 1. The third kappa shape index (κ3) is 4.64. The molecule has 31 heavy (non-hydrogen) atoms. The van der Waals surface area contributed by atoms with Gasteiger partial charge in [-0.15, -0.1) is 10.2 Å². The summed E-state index contributed by atoms with van der Waals surface area (Å²) in [5.41, 5.74) is 0.984. The lowest BCUT2D eigenvalue weighted by molar-refractivity contribution is -0.138. The number of carbonyl (C=O) groups excluding carboxylic acids is 1. The van der Waals surface area contributed by atoms with Gasteiger partial charge in [0, 0.05) is 37.0 Å². The van der Waals surface area contributed by atoms with Crippen LogP contribution < -0.4 is 4.90 Å².